The molecule has 1 saturated carbocycles. The summed E-state index contributed by atoms with van der Waals surface area (Å²) in [4.78, 5) is 29.9. The van der Waals surface area contributed by atoms with Crippen LogP contribution in [0.25, 0.3) is 0 Å². The molecule has 2 aromatic rings. The van der Waals surface area contributed by atoms with Crippen molar-refractivity contribution < 1.29 is 4.79 Å². The van der Waals surface area contributed by atoms with Gasteiger partial charge in [0, 0.05) is 38.9 Å². The normalized spacial score (nSPS) is 21.3. The fraction of sp³-hybridized carbons (Fsp3) is 0.400. The average Bonchev–Trinajstić information content (AvgIpc) is 3.49. The first-order valence-electron chi connectivity index (χ1n) is 8.91. The van der Waals surface area contributed by atoms with Gasteiger partial charge in [-0.1, -0.05) is 30.3 Å². The van der Waals surface area contributed by atoms with Crippen molar-refractivity contribution in [1.29, 1.82) is 0 Å². The Kier molecular flexibility index (Phi) is 4.17. The van der Waals surface area contributed by atoms with Gasteiger partial charge in [-0.2, -0.15) is 0 Å². The number of carbonyl (C=O) groups is 1. The molecule has 0 spiro atoms. The Hall–Kier alpha value is -2.40. The van der Waals surface area contributed by atoms with Crippen LogP contribution in [0.15, 0.2) is 53.5 Å². The van der Waals surface area contributed by atoms with Gasteiger partial charge in [-0.25, -0.2) is 0 Å². The van der Waals surface area contributed by atoms with Gasteiger partial charge in [0.15, 0.2) is 0 Å². The summed E-state index contributed by atoms with van der Waals surface area (Å²) in [5.74, 6) is -0.162. The van der Waals surface area contributed by atoms with E-state index in [1.807, 2.05) is 23.1 Å². The van der Waals surface area contributed by atoms with Gasteiger partial charge in [0.25, 0.3) is 11.5 Å². The molecule has 1 saturated heterocycles. The smallest absolute Gasteiger partial charge is 0.263 e. The minimum absolute atomic E-state index is 0.00652. The highest BCUT2D eigenvalue weighted by atomic mass is 16.2. The molecule has 4 rings (SSSR count). The zero-order valence-electron chi connectivity index (χ0n) is 14.5. The van der Waals surface area contributed by atoms with Crippen molar-refractivity contribution in [2.75, 3.05) is 19.6 Å². The lowest BCUT2D eigenvalue weighted by Gasteiger charge is -2.42. The molecule has 5 nitrogen and oxygen atoms in total. The van der Waals surface area contributed by atoms with Crippen molar-refractivity contribution in [1.82, 2.24) is 14.4 Å². The summed E-state index contributed by atoms with van der Waals surface area (Å²) in [5.41, 5.74) is 1.16. The molecule has 2 aliphatic rings. The van der Waals surface area contributed by atoms with E-state index in [0.29, 0.717) is 12.6 Å². The van der Waals surface area contributed by atoms with Crippen LogP contribution in [0, 0.1) is 0 Å². The van der Waals surface area contributed by atoms with Crippen LogP contribution in [-0.2, 0) is 7.05 Å². The van der Waals surface area contributed by atoms with Crippen molar-refractivity contribution in [3.8, 4) is 0 Å². The SMILES string of the molecule is Cn1cccc(C(=O)N2CCN(C3CC3)CC2c2ccccc2)c1=O. The Morgan fingerprint density at radius 1 is 1.04 bits per heavy atom. The van der Waals surface area contributed by atoms with Gasteiger partial charge < -0.3 is 9.47 Å². The molecule has 1 aromatic carbocycles. The Labute approximate surface area is 147 Å². The van der Waals surface area contributed by atoms with E-state index in [-0.39, 0.29) is 23.1 Å². The van der Waals surface area contributed by atoms with Crippen LogP contribution < -0.4 is 5.56 Å². The van der Waals surface area contributed by atoms with E-state index in [1.165, 1.54) is 17.4 Å². The minimum Gasteiger partial charge on any atom is -0.329 e. The number of hydrogen-bond acceptors (Lipinski definition) is 3. The molecule has 0 radical (unpaired) electrons. The highest BCUT2D eigenvalue weighted by Crippen LogP contribution is 2.33. The van der Waals surface area contributed by atoms with E-state index < -0.39 is 0 Å². The summed E-state index contributed by atoms with van der Waals surface area (Å²) in [7, 11) is 1.68. The number of rotatable bonds is 3. The van der Waals surface area contributed by atoms with Gasteiger partial charge in [0.2, 0.25) is 0 Å². The second kappa shape index (κ2) is 6.48. The van der Waals surface area contributed by atoms with Gasteiger partial charge in [-0.05, 0) is 30.5 Å². The van der Waals surface area contributed by atoms with Crippen LogP contribution in [0.4, 0.5) is 0 Å². The van der Waals surface area contributed by atoms with Crippen LogP contribution in [0.2, 0.25) is 0 Å². The largest absolute Gasteiger partial charge is 0.329 e. The lowest BCUT2D eigenvalue weighted by Crippen LogP contribution is -2.52. The molecule has 0 N–H and O–H groups in total. The molecule has 1 aliphatic carbocycles. The quantitative estimate of drug-likeness (QED) is 0.861. The second-order valence-electron chi connectivity index (χ2n) is 6.99. The Morgan fingerprint density at radius 2 is 1.80 bits per heavy atom. The van der Waals surface area contributed by atoms with Crippen molar-refractivity contribution in [2.45, 2.75) is 24.9 Å². The molecule has 1 unspecified atom stereocenters. The summed E-state index contributed by atoms with van der Waals surface area (Å²) < 4.78 is 1.46. The highest BCUT2D eigenvalue weighted by Gasteiger charge is 2.38. The number of aryl methyl sites for hydroxylation is 1. The number of piperazine rings is 1. The van der Waals surface area contributed by atoms with Gasteiger partial charge in [0.05, 0.1) is 6.04 Å². The molecule has 2 fully saturated rings. The summed E-state index contributed by atoms with van der Waals surface area (Å²) in [6.45, 7) is 2.38. The Morgan fingerprint density at radius 3 is 2.52 bits per heavy atom. The van der Waals surface area contributed by atoms with Gasteiger partial charge in [-0.15, -0.1) is 0 Å². The lowest BCUT2D eigenvalue weighted by molar-refractivity contribution is 0.0431. The standard InChI is InChI=1S/C20H23N3O2/c1-21-11-5-8-17(19(21)24)20(25)23-13-12-22(16-9-10-16)14-18(23)15-6-3-2-4-7-15/h2-8,11,16,18H,9-10,12-14H2,1H3. The third kappa shape index (κ3) is 3.12. The van der Waals surface area contributed by atoms with Crippen LogP contribution in [0.1, 0.15) is 34.8 Å². The van der Waals surface area contributed by atoms with Crippen LogP contribution in [-0.4, -0.2) is 46.0 Å². The maximum absolute atomic E-state index is 13.1. The number of carbonyl (C=O) groups excluding carboxylic acids is 1. The maximum atomic E-state index is 13.1. The summed E-state index contributed by atoms with van der Waals surface area (Å²) in [6, 6.07) is 14.2. The van der Waals surface area contributed by atoms with E-state index >= 15 is 0 Å². The molecule has 0 bridgehead atoms. The topological polar surface area (TPSA) is 45.6 Å². The van der Waals surface area contributed by atoms with Gasteiger partial charge in [-0.3, -0.25) is 14.5 Å². The molecule has 1 aliphatic heterocycles. The minimum atomic E-state index is -0.232. The summed E-state index contributed by atoms with van der Waals surface area (Å²) in [5, 5.41) is 0. The van der Waals surface area contributed by atoms with Crippen molar-refractivity contribution in [3.05, 3.63) is 70.1 Å². The number of aromatic nitrogens is 1. The zero-order chi connectivity index (χ0) is 17.4. The molecule has 1 atom stereocenters. The zero-order valence-corrected chi connectivity index (χ0v) is 14.5. The van der Waals surface area contributed by atoms with Crippen molar-refractivity contribution >= 4 is 5.91 Å². The third-order valence-electron chi connectivity index (χ3n) is 5.27. The van der Waals surface area contributed by atoms with E-state index in [9.17, 15) is 9.59 Å². The molecule has 1 amide bonds. The first-order chi connectivity index (χ1) is 12.1. The first-order valence-corrected chi connectivity index (χ1v) is 8.91. The molecule has 130 valence electrons. The molecule has 1 aromatic heterocycles. The Balaban J connectivity index is 1.67. The van der Waals surface area contributed by atoms with E-state index in [0.717, 1.165) is 18.7 Å². The van der Waals surface area contributed by atoms with Crippen molar-refractivity contribution in [2.24, 2.45) is 7.05 Å². The van der Waals surface area contributed by atoms with Gasteiger partial charge in [0.1, 0.15) is 5.56 Å². The lowest BCUT2D eigenvalue weighted by atomic mass is 10.0. The average molecular weight is 337 g/mol. The van der Waals surface area contributed by atoms with Crippen molar-refractivity contribution in [3.63, 3.8) is 0 Å². The van der Waals surface area contributed by atoms with E-state index in [1.54, 1.807) is 25.4 Å². The van der Waals surface area contributed by atoms with Crippen LogP contribution >= 0.6 is 0 Å². The predicted octanol–water partition coefficient (Wildman–Crippen LogP) is 2.05. The molecule has 5 heteroatoms. The fourth-order valence-corrected chi connectivity index (χ4v) is 3.69. The molecular weight excluding hydrogens is 314 g/mol. The summed E-state index contributed by atoms with van der Waals surface area (Å²) in [6.07, 6.45) is 4.20. The van der Waals surface area contributed by atoms with Gasteiger partial charge >= 0.3 is 0 Å². The first kappa shape index (κ1) is 16.1. The second-order valence-corrected chi connectivity index (χ2v) is 6.99. The predicted molar refractivity (Wildman–Crippen MR) is 96.5 cm³/mol. The maximum Gasteiger partial charge on any atom is 0.263 e. The van der Waals surface area contributed by atoms with Crippen LogP contribution in [0.3, 0.4) is 0 Å². The number of amides is 1. The monoisotopic (exact) mass is 337 g/mol. The number of hydrogen-bond donors (Lipinski definition) is 0. The number of benzene rings is 1. The third-order valence-corrected chi connectivity index (χ3v) is 5.27. The van der Waals surface area contributed by atoms with E-state index in [4.69, 9.17) is 0 Å². The van der Waals surface area contributed by atoms with Crippen LogP contribution in [0.5, 0.6) is 0 Å². The number of nitrogens with zero attached hydrogens (tertiary/aromatic N) is 3. The number of pyridine rings is 1. The fourth-order valence-electron chi connectivity index (χ4n) is 3.69. The summed E-state index contributed by atoms with van der Waals surface area (Å²) >= 11 is 0. The molecular formula is C20H23N3O2. The Bertz CT molecular complexity index is 826. The van der Waals surface area contributed by atoms with E-state index in [2.05, 4.69) is 17.0 Å². The molecule has 2 heterocycles. The molecule has 25 heavy (non-hydrogen) atoms. The highest BCUT2D eigenvalue weighted by molar-refractivity contribution is 5.94.